The lowest BCUT2D eigenvalue weighted by Gasteiger charge is -2.22. The lowest BCUT2D eigenvalue weighted by Crippen LogP contribution is -2.36. The highest BCUT2D eigenvalue weighted by molar-refractivity contribution is 5.93. The van der Waals surface area contributed by atoms with Crippen molar-refractivity contribution in [2.24, 2.45) is 0 Å². The zero-order valence-corrected chi connectivity index (χ0v) is 11.6. The molecule has 1 aromatic rings. The van der Waals surface area contributed by atoms with Crippen molar-refractivity contribution in [2.45, 2.75) is 26.3 Å². The molecule has 0 spiro atoms. The Morgan fingerprint density at radius 2 is 2.26 bits per heavy atom. The fraction of sp³-hybridized carbons (Fsp3) is 0.429. The van der Waals surface area contributed by atoms with Crippen LogP contribution in [0.4, 0.5) is 11.4 Å². The molecule has 0 aliphatic carbocycles. The highest BCUT2D eigenvalue weighted by Crippen LogP contribution is 2.18. The molecular weight excluding hydrogens is 240 g/mol. The summed E-state index contributed by atoms with van der Waals surface area (Å²) in [5.41, 5.74) is 8.01. The van der Waals surface area contributed by atoms with Gasteiger partial charge in [0.05, 0.1) is 19.0 Å². The van der Waals surface area contributed by atoms with Crippen LogP contribution in [0, 0.1) is 18.3 Å². The largest absolute Gasteiger partial charge is 0.399 e. The zero-order chi connectivity index (χ0) is 14.4. The van der Waals surface area contributed by atoms with Crippen molar-refractivity contribution >= 4 is 17.3 Å². The second-order valence-corrected chi connectivity index (χ2v) is 4.75. The zero-order valence-electron chi connectivity index (χ0n) is 11.6. The van der Waals surface area contributed by atoms with E-state index in [9.17, 15) is 4.79 Å². The molecule has 5 nitrogen and oxygen atoms in total. The Morgan fingerprint density at radius 1 is 1.58 bits per heavy atom. The molecule has 5 heteroatoms. The molecule has 0 radical (unpaired) electrons. The fourth-order valence-electron chi connectivity index (χ4n) is 1.63. The highest BCUT2D eigenvalue weighted by Gasteiger charge is 2.13. The molecule has 1 unspecified atom stereocenters. The number of carbonyl (C=O) groups is 1. The maximum Gasteiger partial charge on any atom is 0.238 e. The highest BCUT2D eigenvalue weighted by atomic mass is 16.2. The van der Waals surface area contributed by atoms with Crippen molar-refractivity contribution in [3.8, 4) is 6.07 Å². The lowest BCUT2D eigenvalue weighted by atomic mass is 10.2. The fourth-order valence-corrected chi connectivity index (χ4v) is 1.63. The van der Waals surface area contributed by atoms with Gasteiger partial charge in [0.2, 0.25) is 5.91 Å². The predicted octanol–water partition coefficient (Wildman–Crippen LogP) is 1.75. The number of nitrogens with one attached hydrogen (secondary N) is 1. The van der Waals surface area contributed by atoms with Gasteiger partial charge in [0, 0.05) is 17.4 Å². The van der Waals surface area contributed by atoms with Crippen LogP contribution in [0.2, 0.25) is 0 Å². The van der Waals surface area contributed by atoms with Crippen molar-refractivity contribution < 1.29 is 4.79 Å². The normalized spacial score (nSPS) is 11.9. The molecule has 1 amide bonds. The van der Waals surface area contributed by atoms with Gasteiger partial charge in [-0.3, -0.25) is 9.69 Å². The van der Waals surface area contributed by atoms with E-state index in [1.54, 1.807) is 12.1 Å². The Balaban J connectivity index is 2.60. The molecule has 1 atom stereocenters. The maximum absolute atomic E-state index is 11.9. The number of nitrogens with zero attached hydrogens (tertiary/aromatic N) is 2. The van der Waals surface area contributed by atoms with Crippen molar-refractivity contribution in [3.63, 3.8) is 0 Å². The first-order valence-corrected chi connectivity index (χ1v) is 6.17. The number of benzene rings is 1. The molecule has 0 bridgehead atoms. The molecule has 0 saturated heterocycles. The summed E-state index contributed by atoms with van der Waals surface area (Å²) < 4.78 is 0. The van der Waals surface area contributed by atoms with Crippen LogP contribution >= 0.6 is 0 Å². The number of nitrogen functional groups attached to an aromatic ring is 1. The number of hydrogen-bond acceptors (Lipinski definition) is 4. The molecular formula is C14H20N4O. The van der Waals surface area contributed by atoms with E-state index in [-0.39, 0.29) is 18.5 Å². The Labute approximate surface area is 114 Å². The Hall–Kier alpha value is -2.06. The molecule has 19 heavy (non-hydrogen) atoms. The third kappa shape index (κ3) is 4.60. The third-order valence-corrected chi connectivity index (χ3v) is 3.07. The molecule has 0 heterocycles. The minimum absolute atomic E-state index is 0.0534. The molecule has 3 N–H and O–H groups in total. The van der Waals surface area contributed by atoms with Crippen LogP contribution < -0.4 is 11.1 Å². The van der Waals surface area contributed by atoms with Gasteiger partial charge in [-0.2, -0.15) is 5.26 Å². The van der Waals surface area contributed by atoms with Gasteiger partial charge in [-0.1, -0.05) is 6.07 Å². The summed E-state index contributed by atoms with van der Waals surface area (Å²) in [7, 11) is 1.83. The minimum atomic E-state index is -0.110. The van der Waals surface area contributed by atoms with Gasteiger partial charge < -0.3 is 11.1 Å². The summed E-state index contributed by atoms with van der Waals surface area (Å²) in [4.78, 5) is 13.8. The number of hydrogen-bond donors (Lipinski definition) is 2. The van der Waals surface area contributed by atoms with Crippen LogP contribution in [-0.4, -0.2) is 30.4 Å². The van der Waals surface area contributed by atoms with Crippen molar-refractivity contribution in [1.29, 1.82) is 5.26 Å². The van der Waals surface area contributed by atoms with E-state index in [1.807, 2.05) is 31.9 Å². The first-order chi connectivity index (χ1) is 8.93. The number of nitrogens with two attached hydrogens (primary N) is 1. The summed E-state index contributed by atoms with van der Waals surface area (Å²) in [5, 5.41) is 11.5. The second-order valence-electron chi connectivity index (χ2n) is 4.75. The topological polar surface area (TPSA) is 82.2 Å². The van der Waals surface area contributed by atoms with E-state index in [0.717, 1.165) is 11.3 Å². The van der Waals surface area contributed by atoms with Crippen molar-refractivity contribution in [2.75, 3.05) is 24.6 Å². The van der Waals surface area contributed by atoms with Crippen molar-refractivity contribution in [3.05, 3.63) is 23.8 Å². The Morgan fingerprint density at radius 3 is 2.89 bits per heavy atom. The van der Waals surface area contributed by atoms with Gasteiger partial charge in [-0.15, -0.1) is 0 Å². The molecule has 0 aromatic heterocycles. The van der Waals surface area contributed by atoms with Gasteiger partial charge in [0.1, 0.15) is 0 Å². The monoisotopic (exact) mass is 260 g/mol. The number of likely N-dealkylation sites (N-methyl/N-ethyl adjacent to an activating group) is 1. The first kappa shape index (κ1) is 15.0. The molecule has 1 rings (SSSR count). The summed E-state index contributed by atoms with van der Waals surface area (Å²) in [6.07, 6.45) is 0.404. The Kier molecular flexibility index (Phi) is 5.34. The first-order valence-electron chi connectivity index (χ1n) is 6.17. The summed E-state index contributed by atoms with van der Waals surface area (Å²) in [6, 6.07) is 7.56. The standard InChI is InChI=1S/C14H20N4O/c1-10-4-5-12(16)8-13(10)17-14(19)9-18(3)11(2)6-7-15/h4-5,8,11H,6,9,16H2,1-3H3,(H,17,19). The van der Waals surface area contributed by atoms with Crippen LogP contribution in [0.1, 0.15) is 18.9 Å². The summed E-state index contributed by atoms with van der Waals surface area (Å²) in [6.45, 7) is 4.08. The van der Waals surface area contributed by atoms with E-state index in [4.69, 9.17) is 11.0 Å². The van der Waals surface area contributed by atoms with Gasteiger partial charge in [-0.05, 0) is 38.6 Å². The molecule has 0 aliphatic heterocycles. The quantitative estimate of drug-likeness (QED) is 0.790. The van der Waals surface area contributed by atoms with Crippen LogP contribution in [-0.2, 0) is 4.79 Å². The summed E-state index contributed by atoms with van der Waals surface area (Å²) >= 11 is 0. The third-order valence-electron chi connectivity index (χ3n) is 3.07. The van der Waals surface area contributed by atoms with Gasteiger partial charge in [0.15, 0.2) is 0 Å². The number of anilines is 2. The molecule has 0 aliphatic rings. The van der Waals surface area contributed by atoms with Crippen LogP contribution in [0.5, 0.6) is 0 Å². The van der Waals surface area contributed by atoms with Crippen LogP contribution in [0.3, 0.4) is 0 Å². The predicted molar refractivity (Wildman–Crippen MR) is 76.5 cm³/mol. The SMILES string of the molecule is Cc1ccc(N)cc1NC(=O)CN(C)C(C)CC#N. The molecule has 0 saturated carbocycles. The number of nitriles is 1. The smallest absolute Gasteiger partial charge is 0.238 e. The van der Waals surface area contributed by atoms with E-state index in [1.165, 1.54) is 0 Å². The van der Waals surface area contributed by atoms with Crippen LogP contribution in [0.15, 0.2) is 18.2 Å². The van der Waals surface area contributed by atoms with E-state index in [2.05, 4.69) is 11.4 Å². The average Bonchev–Trinajstić information content (AvgIpc) is 2.34. The van der Waals surface area contributed by atoms with E-state index in [0.29, 0.717) is 12.1 Å². The minimum Gasteiger partial charge on any atom is -0.399 e. The second kappa shape index (κ2) is 6.76. The lowest BCUT2D eigenvalue weighted by molar-refractivity contribution is -0.117. The average molecular weight is 260 g/mol. The number of aryl methyl sites for hydroxylation is 1. The van der Waals surface area contributed by atoms with E-state index < -0.39 is 0 Å². The number of amides is 1. The van der Waals surface area contributed by atoms with Gasteiger partial charge in [0.25, 0.3) is 0 Å². The number of rotatable bonds is 5. The molecule has 102 valence electrons. The van der Waals surface area contributed by atoms with Gasteiger partial charge >= 0.3 is 0 Å². The van der Waals surface area contributed by atoms with Crippen LogP contribution in [0.25, 0.3) is 0 Å². The molecule has 1 aromatic carbocycles. The Bertz CT molecular complexity index is 493. The van der Waals surface area contributed by atoms with Gasteiger partial charge in [-0.25, -0.2) is 0 Å². The molecule has 0 fully saturated rings. The number of carbonyl (C=O) groups excluding carboxylic acids is 1. The van der Waals surface area contributed by atoms with E-state index >= 15 is 0 Å². The summed E-state index contributed by atoms with van der Waals surface area (Å²) in [5.74, 6) is -0.110. The maximum atomic E-state index is 11.9. The van der Waals surface area contributed by atoms with Crippen molar-refractivity contribution in [1.82, 2.24) is 4.90 Å².